The lowest BCUT2D eigenvalue weighted by atomic mass is 10.1. The van der Waals surface area contributed by atoms with Crippen molar-refractivity contribution in [3.05, 3.63) is 46.7 Å². The molecular weight excluding hydrogens is 497 g/mol. The lowest BCUT2D eigenvalue weighted by Gasteiger charge is -2.35. The summed E-state index contributed by atoms with van der Waals surface area (Å²) in [7, 11) is 1.48. The van der Waals surface area contributed by atoms with Crippen LogP contribution in [0.3, 0.4) is 0 Å². The number of hydrogen-bond acceptors (Lipinski definition) is 8. The molecule has 0 aliphatic carbocycles. The van der Waals surface area contributed by atoms with E-state index in [0.717, 1.165) is 19.4 Å². The minimum Gasteiger partial charge on any atom is -0.495 e. The molecule has 192 valence electrons. The van der Waals surface area contributed by atoms with Crippen molar-refractivity contribution in [2.45, 2.75) is 25.3 Å². The van der Waals surface area contributed by atoms with Crippen molar-refractivity contribution in [1.29, 1.82) is 5.26 Å². The third kappa shape index (κ3) is 5.38. The number of amides is 1. The molecule has 2 N–H and O–H groups in total. The molecule has 2 fully saturated rings. The van der Waals surface area contributed by atoms with Gasteiger partial charge in [0, 0.05) is 49.1 Å². The number of nitriles is 1. The van der Waals surface area contributed by atoms with Gasteiger partial charge in [-0.2, -0.15) is 10.2 Å². The Kier molecular flexibility index (Phi) is 7.26. The summed E-state index contributed by atoms with van der Waals surface area (Å²) in [6.45, 7) is 3.22. The molecule has 3 aromatic rings. The van der Waals surface area contributed by atoms with Crippen molar-refractivity contribution >= 4 is 45.9 Å². The highest BCUT2D eigenvalue weighted by Crippen LogP contribution is 2.33. The molecule has 9 nitrogen and oxygen atoms in total. The standard InChI is InChI=1S/C26H27ClFN7O2/c1-37-23-14-19-22(11-16(23)15-29)32-26(33-25(19)31-21-5-4-17(27)12-20(21)28)35-9-7-34(8-10-35)24(36)13-18-3-2-6-30-18/h4-5,11-12,14,18,30H,2-3,6-10,13H2,1H3,(H,31,32,33). The van der Waals surface area contributed by atoms with Crippen LogP contribution in [0, 0.1) is 17.1 Å². The molecule has 2 aliphatic rings. The molecule has 0 saturated carbocycles. The first kappa shape index (κ1) is 25.0. The van der Waals surface area contributed by atoms with E-state index in [1.165, 1.54) is 19.2 Å². The first-order chi connectivity index (χ1) is 17.9. The van der Waals surface area contributed by atoms with Crippen molar-refractivity contribution in [2.75, 3.05) is 50.1 Å². The van der Waals surface area contributed by atoms with Crippen LogP contribution >= 0.6 is 11.6 Å². The number of nitrogens with zero attached hydrogens (tertiary/aromatic N) is 5. The van der Waals surface area contributed by atoms with Crippen molar-refractivity contribution in [3.63, 3.8) is 0 Å². The Morgan fingerprint density at radius 3 is 2.76 bits per heavy atom. The summed E-state index contributed by atoms with van der Waals surface area (Å²) in [5.74, 6) is 0.808. The van der Waals surface area contributed by atoms with E-state index in [4.69, 9.17) is 26.3 Å². The second-order valence-electron chi connectivity index (χ2n) is 9.17. The van der Waals surface area contributed by atoms with Gasteiger partial charge in [-0.1, -0.05) is 11.6 Å². The average Bonchev–Trinajstić information content (AvgIpc) is 3.42. The Morgan fingerprint density at radius 1 is 1.27 bits per heavy atom. The van der Waals surface area contributed by atoms with Crippen LogP contribution in [0.15, 0.2) is 30.3 Å². The van der Waals surface area contributed by atoms with Gasteiger partial charge in [0.15, 0.2) is 0 Å². The van der Waals surface area contributed by atoms with Crippen molar-refractivity contribution in [2.24, 2.45) is 0 Å². The van der Waals surface area contributed by atoms with Gasteiger partial charge in [-0.3, -0.25) is 4.79 Å². The first-order valence-corrected chi connectivity index (χ1v) is 12.6. The van der Waals surface area contributed by atoms with Crippen LogP contribution < -0.4 is 20.3 Å². The van der Waals surface area contributed by atoms with Crippen LogP contribution in [0.5, 0.6) is 5.75 Å². The maximum atomic E-state index is 14.6. The number of halogens is 2. The van der Waals surface area contributed by atoms with Crippen molar-refractivity contribution in [3.8, 4) is 11.8 Å². The van der Waals surface area contributed by atoms with Crippen LogP contribution in [0.2, 0.25) is 5.02 Å². The van der Waals surface area contributed by atoms with Gasteiger partial charge >= 0.3 is 0 Å². The van der Waals surface area contributed by atoms with Gasteiger partial charge in [0.1, 0.15) is 23.5 Å². The zero-order valence-electron chi connectivity index (χ0n) is 20.4. The molecule has 1 amide bonds. The van der Waals surface area contributed by atoms with Gasteiger partial charge in [-0.05, 0) is 49.7 Å². The Labute approximate surface area is 219 Å². The maximum absolute atomic E-state index is 14.6. The van der Waals surface area contributed by atoms with E-state index in [9.17, 15) is 14.4 Å². The van der Waals surface area contributed by atoms with Gasteiger partial charge in [-0.15, -0.1) is 0 Å². The predicted octanol–water partition coefficient (Wildman–Crippen LogP) is 3.84. The number of nitrogens with one attached hydrogen (secondary N) is 2. The number of fused-ring (bicyclic) bond motifs is 1. The lowest BCUT2D eigenvalue weighted by Crippen LogP contribution is -2.50. The van der Waals surface area contributed by atoms with Crippen LogP contribution in [0.1, 0.15) is 24.8 Å². The fraction of sp³-hybridized carbons (Fsp3) is 0.385. The largest absolute Gasteiger partial charge is 0.495 e. The van der Waals surface area contributed by atoms with E-state index in [0.29, 0.717) is 66.6 Å². The van der Waals surface area contributed by atoms with E-state index in [2.05, 4.69) is 16.7 Å². The van der Waals surface area contributed by atoms with E-state index < -0.39 is 5.82 Å². The van der Waals surface area contributed by atoms with E-state index in [-0.39, 0.29) is 22.7 Å². The van der Waals surface area contributed by atoms with Crippen LogP contribution in [0.4, 0.5) is 21.8 Å². The Balaban J connectivity index is 1.43. The van der Waals surface area contributed by atoms with Crippen LogP contribution in [0.25, 0.3) is 10.9 Å². The highest BCUT2D eigenvalue weighted by atomic mass is 35.5. The van der Waals surface area contributed by atoms with Gasteiger partial charge in [0.25, 0.3) is 0 Å². The average molecular weight is 524 g/mol. The quantitative estimate of drug-likeness (QED) is 0.502. The van der Waals surface area contributed by atoms with Gasteiger partial charge < -0.3 is 25.2 Å². The second-order valence-corrected chi connectivity index (χ2v) is 9.60. The highest BCUT2D eigenvalue weighted by Gasteiger charge is 2.26. The molecule has 3 heterocycles. The summed E-state index contributed by atoms with van der Waals surface area (Å²) in [5.41, 5.74) is 1.05. The molecule has 2 aliphatic heterocycles. The number of carbonyl (C=O) groups is 1. The third-order valence-electron chi connectivity index (χ3n) is 6.81. The monoisotopic (exact) mass is 523 g/mol. The smallest absolute Gasteiger partial charge is 0.228 e. The van der Waals surface area contributed by atoms with Gasteiger partial charge in [0.05, 0.1) is 23.9 Å². The predicted molar refractivity (Wildman–Crippen MR) is 140 cm³/mol. The summed E-state index contributed by atoms with van der Waals surface area (Å²) >= 11 is 5.92. The first-order valence-electron chi connectivity index (χ1n) is 12.2. The van der Waals surface area contributed by atoms with E-state index >= 15 is 0 Å². The number of aromatic nitrogens is 2. The number of hydrogen-bond donors (Lipinski definition) is 2. The Bertz CT molecular complexity index is 1370. The normalized spacial score (nSPS) is 17.6. The van der Waals surface area contributed by atoms with E-state index in [1.54, 1.807) is 18.2 Å². The molecule has 1 unspecified atom stereocenters. The van der Waals surface area contributed by atoms with Crippen molar-refractivity contribution < 1.29 is 13.9 Å². The van der Waals surface area contributed by atoms with E-state index in [1.807, 2.05) is 9.80 Å². The van der Waals surface area contributed by atoms with Crippen LogP contribution in [-0.4, -0.2) is 66.7 Å². The zero-order chi connectivity index (χ0) is 25.9. The fourth-order valence-corrected chi connectivity index (χ4v) is 4.94. The summed E-state index contributed by atoms with van der Waals surface area (Å²) in [6.07, 6.45) is 2.67. The minimum atomic E-state index is -0.523. The molecule has 2 saturated heterocycles. The summed E-state index contributed by atoms with van der Waals surface area (Å²) in [4.78, 5) is 26.1. The summed E-state index contributed by atoms with van der Waals surface area (Å²) < 4.78 is 20.0. The number of anilines is 3. The molecule has 0 radical (unpaired) electrons. The number of piperazine rings is 1. The fourth-order valence-electron chi connectivity index (χ4n) is 4.78. The Morgan fingerprint density at radius 2 is 2.08 bits per heavy atom. The van der Waals surface area contributed by atoms with Gasteiger partial charge in [-0.25, -0.2) is 9.37 Å². The van der Waals surface area contributed by atoms with Crippen molar-refractivity contribution in [1.82, 2.24) is 20.2 Å². The molecular formula is C26H27ClFN7O2. The molecule has 37 heavy (non-hydrogen) atoms. The molecule has 5 rings (SSSR count). The number of rotatable bonds is 6. The minimum absolute atomic E-state index is 0.157. The Hall–Kier alpha value is -3.68. The summed E-state index contributed by atoms with van der Waals surface area (Å²) in [6, 6.07) is 10.0. The molecule has 1 aromatic heterocycles. The molecule has 11 heteroatoms. The lowest BCUT2D eigenvalue weighted by molar-refractivity contribution is -0.131. The SMILES string of the molecule is COc1cc2c(Nc3ccc(Cl)cc3F)nc(N3CCN(C(=O)CC4CCCN4)CC3)nc2cc1C#N. The number of methoxy groups -OCH3 is 1. The second kappa shape index (κ2) is 10.7. The highest BCUT2D eigenvalue weighted by molar-refractivity contribution is 6.30. The summed E-state index contributed by atoms with van der Waals surface area (Å²) in [5, 5.41) is 16.9. The van der Waals surface area contributed by atoms with Crippen LogP contribution in [-0.2, 0) is 4.79 Å². The molecule has 2 aromatic carbocycles. The molecule has 1 atom stereocenters. The van der Waals surface area contributed by atoms with Gasteiger partial charge in [0.2, 0.25) is 11.9 Å². The number of benzene rings is 2. The number of ether oxygens (including phenoxy) is 1. The molecule has 0 spiro atoms. The zero-order valence-corrected chi connectivity index (χ0v) is 21.2. The molecule has 0 bridgehead atoms. The number of carbonyl (C=O) groups excluding carboxylic acids is 1. The topological polar surface area (TPSA) is 106 Å². The third-order valence-corrected chi connectivity index (χ3v) is 7.04. The maximum Gasteiger partial charge on any atom is 0.228 e.